The molecule has 0 aromatic heterocycles. The van der Waals surface area contributed by atoms with Crippen molar-refractivity contribution in [1.82, 2.24) is 10.7 Å². The summed E-state index contributed by atoms with van der Waals surface area (Å²) < 4.78 is 0. The molecular weight excluding hydrogens is 414 g/mol. The summed E-state index contributed by atoms with van der Waals surface area (Å²) in [6.45, 7) is 3.46. The quantitative estimate of drug-likeness (QED) is 0.362. The highest BCUT2D eigenvalue weighted by Gasteiger charge is 2.40. The predicted octanol–water partition coefficient (Wildman–Crippen LogP) is 1.96. The SMILES string of the molecule is CCC(=O)Nc1ccc(C(=O)N/N=C\[C@H]2C(=O)NC(=O)N(c3ccccc3C)C2=O)cc1. The van der Waals surface area contributed by atoms with Gasteiger partial charge in [-0.05, 0) is 42.8 Å². The van der Waals surface area contributed by atoms with Gasteiger partial charge in [-0.2, -0.15) is 5.10 Å². The lowest BCUT2D eigenvalue weighted by Gasteiger charge is -2.29. The summed E-state index contributed by atoms with van der Waals surface area (Å²) in [4.78, 5) is 61.7. The monoisotopic (exact) mass is 435 g/mol. The number of anilines is 2. The third-order valence-corrected chi connectivity index (χ3v) is 4.70. The number of hydrazone groups is 1. The van der Waals surface area contributed by atoms with E-state index in [1.54, 1.807) is 50.2 Å². The summed E-state index contributed by atoms with van der Waals surface area (Å²) in [5.74, 6) is -3.73. The van der Waals surface area contributed by atoms with Gasteiger partial charge in [-0.15, -0.1) is 0 Å². The van der Waals surface area contributed by atoms with Crippen molar-refractivity contribution in [3.8, 4) is 0 Å². The van der Waals surface area contributed by atoms with Gasteiger partial charge in [0.15, 0.2) is 5.92 Å². The molecular formula is C22H21N5O5. The molecule has 1 aliphatic rings. The third kappa shape index (κ3) is 4.86. The molecule has 0 saturated carbocycles. The summed E-state index contributed by atoms with van der Waals surface area (Å²) >= 11 is 0. The van der Waals surface area contributed by atoms with Crippen molar-refractivity contribution in [1.29, 1.82) is 0 Å². The van der Waals surface area contributed by atoms with Gasteiger partial charge < -0.3 is 5.32 Å². The second kappa shape index (κ2) is 9.65. The lowest BCUT2D eigenvalue weighted by atomic mass is 10.0. The standard InChI is InChI=1S/C22H21N5O5/c1-3-18(28)24-15-10-8-14(9-11-15)19(29)26-23-12-16-20(30)25-22(32)27(21(16)31)17-7-5-4-6-13(17)2/h4-12,16H,3H2,1-2H3,(H,24,28)(H,26,29)(H,25,30,32)/b23-12-/t16-/m0/s1. The van der Waals surface area contributed by atoms with Crippen LogP contribution in [0, 0.1) is 12.8 Å². The number of barbiturate groups is 1. The Morgan fingerprint density at radius 2 is 1.78 bits per heavy atom. The van der Waals surface area contributed by atoms with E-state index in [-0.39, 0.29) is 11.5 Å². The molecule has 0 unspecified atom stereocenters. The van der Waals surface area contributed by atoms with Crippen LogP contribution in [0.3, 0.4) is 0 Å². The van der Waals surface area contributed by atoms with Crippen LogP contribution in [0.15, 0.2) is 53.6 Å². The highest BCUT2D eigenvalue weighted by molar-refractivity contribution is 6.32. The number of nitrogens with zero attached hydrogens (tertiary/aromatic N) is 2. The first kappa shape index (κ1) is 22.3. The van der Waals surface area contributed by atoms with E-state index in [0.717, 1.165) is 11.1 Å². The van der Waals surface area contributed by atoms with Gasteiger partial charge in [0.05, 0.1) is 5.69 Å². The van der Waals surface area contributed by atoms with Crippen molar-refractivity contribution < 1.29 is 24.0 Å². The summed E-state index contributed by atoms with van der Waals surface area (Å²) in [6, 6.07) is 12.0. The number of amides is 6. The van der Waals surface area contributed by atoms with Crippen molar-refractivity contribution in [3.05, 3.63) is 59.7 Å². The molecule has 1 fully saturated rings. The van der Waals surface area contributed by atoms with Gasteiger partial charge in [0.25, 0.3) is 11.8 Å². The smallest absolute Gasteiger partial charge is 0.326 e. The first-order valence-corrected chi connectivity index (χ1v) is 9.79. The zero-order valence-electron chi connectivity index (χ0n) is 17.4. The van der Waals surface area contributed by atoms with Crippen molar-refractivity contribution in [3.63, 3.8) is 0 Å². The van der Waals surface area contributed by atoms with E-state index in [4.69, 9.17) is 0 Å². The van der Waals surface area contributed by atoms with Crippen LogP contribution < -0.4 is 21.0 Å². The van der Waals surface area contributed by atoms with E-state index in [1.165, 1.54) is 12.1 Å². The van der Waals surface area contributed by atoms with Gasteiger partial charge in [0, 0.05) is 23.9 Å². The number of benzene rings is 2. The molecule has 32 heavy (non-hydrogen) atoms. The Morgan fingerprint density at radius 1 is 1.09 bits per heavy atom. The highest BCUT2D eigenvalue weighted by Crippen LogP contribution is 2.23. The Balaban J connectivity index is 1.68. The fourth-order valence-corrected chi connectivity index (χ4v) is 2.95. The molecule has 1 atom stereocenters. The van der Waals surface area contributed by atoms with E-state index >= 15 is 0 Å². The molecule has 10 nitrogen and oxygen atoms in total. The van der Waals surface area contributed by atoms with Crippen molar-refractivity contribution >= 4 is 47.2 Å². The number of imide groups is 2. The van der Waals surface area contributed by atoms with E-state index < -0.39 is 29.7 Å². The largest absolute Gasteiger partial charge is 0.335 e. The minimum atomic E-state index is -1.39. The molecule has 1 heterocycles. The summed E-state index contributed by atoms with van der Waals surface area (Å²) in [5, 5.41) is 8.50. The number of carbonyl (C=O) groups excluding carboxylic acids is 5. The van der Waals surface area contributed by atoms with Crippen molar-refractivity contribution in [2.75, 3.05) is 10.2 Å². The summed E-state index contributed by atoms with van der Waals surface area (Å²) in [7, 11) is 0. The molecule has 0 radical (unpaired) electrons. The fourth-order valence-electron chi connectivity index (χ4n) is 2.95. The number of nitrogens with one attached hydrogen (secondary N) is 3. The Labute approximate surface area is 183 Å². The Kier molecular flexibility index (Phi) is 6.74. The average Bonchev–Trinajstić information content (AvgIpc) is 2.77. The van der Waals surface area contributed by atoms with Crippen molar-refractivity contribution in [2.24, 2.45) is 11.0 Å². The van der Waals surface area contributed by atoms with E-state index in [9.17, 15) is 24.0 Å². The van der Waals surface area contributed by atoms with Gasteiger partial charge >= 0.3 is 6.03 Å². The normalized spacial score (nSPS) is 16.1. The average molecular weight is 435 g/mol. The van der Waals surface area contributed by atoms with Crippen LogP contribution >= 0.6 is 0 Å². The summed E-state index contributed by atoms with van der Waals surface area (Å²) in [5.41, 5.74) is 4.07. The van der Waals surface area contributed by atoms with Crippen LogP contribution in [0.4, 0.5) is 16.2 Å². The number of hydrogen-bond donors (Lipinski definition) is 3. The maximum atomic E-state index is 12.8. The number of carbonyl (C=O) groups is 5. The molecule has 3 N–H and O–H groups in total. The number of rotatable bonds is 6. The summed E-state index contributed by atoms with van der Waals surface area (Å²) in [6.07, 6.45) is 1.31. The molecule has 1 aliphatic heterocycles. The first-order chi connectivity index (χ1) is 15.3. The molecule has 3 rings (SSSR count). The number of para-hydroxylation sites is 1. The third-order valence-electron chi connectivity index (χ3n) is 4.70. The second-order valence-corrected chi connectivity index (χ2v) is 6.93. The molecule has 2 aromatic carbocycles. The maximum Gasteiger partial charge on any atom is 0.335 e. The zero-order valence-corrected chi connectivity index (χ0v) is 17.4. The lowest BCUT2D eigenvalue weighted by molar-refractivity contribution is -0.131. The van der Waals surface area contributed by atoms with E-state index in [0.29, 0.717) is 23.4 Å². The molecule has 0 aliphatic carbocycles. The van der Waals surface area contributed by atoms with Gasteiger partial charge in [-0.1, -0.05) is 25.1 Å². The van der Waals surface area contributed by atoms with Crippen LogP contribution in [0.5, 0.6) is 0 Å². The maximum absolute atomic E-state index is 12.8. The Morgan fingerprint density at radius 3 is 2.44 bits per heavy atom. The van der Waals surface area contributed by atoms with E-state index in [1.807, 2.05) is 0 Å². The topological polar surface area (TPSA) is 137 Å². The lowest BCUT2D eigenvalue weighted by Crippen LogP contribution is -2.59. The predicted molar refractivity (Wildman–Crippen MR) is 117 cm³/mol. The minimum absolute atomic E-state index is 0.152. The van der Waals surface area contributed by atoms with Crippen LogP contribution in [-0.4, -0.2) is 35.9 Å². The van der Waals surface area contributed by atoms with Crippen LogP contribution in [0.2, 0.25) is 0 Å². The number of urea groups is 1. The molecule has 164 valence electrons. The second-order valence-electron chi connectivity index (χ2n) is 6.93. The fraction of sp³-hybridized carbons (Fsp3) is 0.182. The van der Waals surface area contributed by atoms with Gasteiger partial charge in [-0.3, -0.25) is 24.5 Å². The van der Waals surface area contributed by atoms with Crippen LogP contribution in [-0.2, 0) is 14.4 Å². The zero-order chi connectivity index (χ0) is 23.3. The first-order valence-electron chi connectivity index (χ1n) is 9.79. The van der Waals surface area contributed by atoms with Crippen LogP contribution in [0.25, 0.3) is 0 Å². The number of hydrogen-bond acceptors (Lipinski definition) is 6. The number of aryl methyl sites for hydroxylation is 1. The van der Waals surface area contributed by atoms with Crippen molar-refractivity contribution in [2.45, 2.75) is 20.3 Å². The van der Waals surface area contributed by atoms with E-state index in [2.05, 4.69) is 21.2 Å². The van der Waals surface area contributed by atoms with Gasteiger partial charge in [0.1, 0.15) is 0 Å². The molecule has 10 heteroatoms. The molecule has 0 spiro atoms. The Bertz CT molecular complexity index is 1110. The molecule has 0 bridgehead atoms. The van der Waals surface area contributed by atoms with Gasteiger partial charge in [-0.25, -0.2) is 15.1 Å². The Hall–Kier alpha value is -4.34. The van der Waals surface area contributed by atoms with Crippen LogP contribution in [0.1, 0.15) is 29.3 Å². The molecule has 1 saturated heterocycles. The molecule has 2 aromatic rings. The highest BCUT2D eigenvalue weighted by atomic mass is 16.2. The molecule has 6 amide bonds. The van der Waals surface area contributed by atoms with Gasteiger partial charge in [0.2, 0.25) is 11.8 Å². The minimum Gasteiger partial charge on any atom is -0.326 e.